The van der Waals surface area contributed by atoms with E-state index in [9.17, 15) is 19.8 Å². The Bertz CT molecular complexity index is 605. The second-order valence-electron chi connectivity index (χ2n) is 6.61. The lowest BCUT2D eigenvalue weighted by Crippen LogP contribution is -2.58. The van der Waals surface area contributed by atoms with Crippen LogP contribution in [-0.4, -0.2) is 33.4 Å². The number of aliphatic carboxylic acids is 1. The van der Waals surface area contributed by atoms with Crippen LogP contribution >= 0.6 is 0 Å². The first-order valence-electron chi connectivity index (χ1n) is 7.17. The predicted octanol–water partition coefficient (Wildman–Crippen LogP) is 2.23. The van der Waals surface area contributed by atoms with Gasteiger partial charge in [-0.25, -0.2) is 9.59 Å². The summed E-state index contributed by atoms with van der Waals surface area (Å²) in [6, 6.07) is 5.10. The van der Waals surface area contributed by atoms with E-state index in [1.165, 1.54) is 6.07 Å². The third kappa shape index (κ3) is 3.32. The Hall–Kier alpha value is -2.24. The number of phenols is 1. The summed E-state index contributed by atoms with van der Waals surface area (Å²) in [5.41, 5.74) is -0.706. The maximum absolute atomic E-state index is 12.0. The van der Waals surface area contributed by atoms with E-state index in [4.69, 9.17) is 4.74 Å². The molecule has 1 aliphatic rings. The van der Waals surface area contributed by atoms with E-state index >= 15 is 0 Å². The molecule has 0 aliphatic heterocycles. The molecule has 1 aliphatic carbocycles. The van der Waals surface area contributed by atoms with Crippen molar-refractivity contribution in [3.05, 3.63) is 29.3 Å². The SMILES string of the molecule is CC(C)(C)OC(=O)N[C@]1(C(=O)O)CCc2cccc(O)c2C1. The molecule has 6 nitrogen and oxygen atoms in total. The number of ether oxygens (including phenoxy) is 1. The number of phenolic OH excluding ortho intramolecular Hbond substituents is 1. The zero-order chi connectivity index (χ0) is 16.5. The molecule has 0 radical (unpaired) electrons. The number of rotatable bonds is 2. The number of nitrogens with one attached hydrogen (secondary N) is 1. The quantitative estimate of drug-likeness (QED) is 0.778. The van der Waals surface area contributed by atoms with Crippen LogP contribution in [0.15, 0.2) is 18.2 Å². The summed E-state index contributed by atoms with van der Waals surface area (Å²) in [6.45, 7) is 5.13. The van der Waals surface area contributed by atoms with Crippen LogP contribution in [0.2, 0.25) is 0 Å². The molecule has 1 amide bonds. The van der Waals surface area contributed by atoms with Gasteiger partial charge in [0.25, 0.3) is 0 Å². The molecule has 0 aromatic heterocycles. The van der Waals surface area contributed by atoms with Gasteiger partial charge in [0.1, 0.15) is 16.9 Å². The van der Waals surface area contributed by atoms with Crippen LogP contribution < -0.4 is 5.32 Å². The fourth-order valence-corrected chi connectivity index (χ4v) is 2.64. The Kier molecular flexibility index (Phi) is 4.04. The Balaban J connectivity index is 2.27. The maximum Gasteiger partial charge on any atom is 0.408 e. The average Bonchev–Trinajstić information content (AvgIpc) is 2.37. The zero-order valence-corrected chi connectivity index (χ0v) is 13.0. The third-order valence-corrected chi connectivity index (χ3v) is 3.70. The molecule has 1 aromatic rings. The average molecular weight is 307 g/mol. The van der Waals surface area contributed by atoms with Gasteiger partial charge in [0.15, 0.2) is 0 Å². The van der Waals surface area contributed by atoms with Crippen molar-refractivity contribution in [1.82, 2.24) is 5.32 Å². The Morgan fingerprint density at radius 2 is 2.00 bits per heavy atom. The van der Waals surface area contributed by atoms with Crippen molar-refractivity contribution in [2.75, 3.05) is 0 Å². The first kappa shape index (κ1) is 16.1. The lowest BCUT2D eigenvalue weighted by Gasteiger charge is -2.35. The van der Waals surface area contributed by atoms with Crippen molar-refractivity contribution in [1.29, 1.82) is 0 Å². The first-order valence-corrected chi connectivity index (χ1v) is 7.17. The van der Waals surface area contributed by atoms with E-state index in [1.54, 1.807) is 26.8 Å². The van der Waals surface area contributed by atoms with Gasteiger partial charge in [0.05, 0.1) is 0 Å². The van der Waals surface area contributed by atoms with Crippen LogP contribution in [0.4, 0.5) is 4.79 Å². The Labute approximate surface area is 129 Å². The van der Waals surface area contributed by atoms with Gasteiger partial charge in [0, 0.05) is 6.42 Å². The second kappa shape index (κ2) is 5.51. The van der Waals surface area contributed by atoms with Gasteiger partial charge in [-0.15, -0.1) is 0 Å². The number of hydrogen-bond acceptors (Lipinski definition) is 4. The van der Waals surface area contributed by atoms with E-state index in [1.807, 2.05) is 6.07 Å². The number of fused-ring (bicyclic) bond motifs is 1. The number of carbonyl (C=O) groups is 2. The van der Waals surface area contributed by atoms with E-state index < -0.39 is 23.2 Å². The maximum atomic E-state index is 12.0. The molecular weight excluding hydrogens is 286 g/mol. The number of aryl methyl sites for hydroxylation is 1. The summed E-state index contributed by atoms with van der Waals surface area (Å²) in [4.78, 5) is 23.7. The predicted molar refractivity (Wildman–Crippen MR) is 79.9 cm³/mol. The van der Waals surface area contributed by atoms with E-state index in [0.717, 1.165) is 5.56 Å². The van der Waals surface area contributed by atoms with Crippen LogP contribution in [0.1, 0.15) is 38.3 Å². The largest absolute Gasteiger partial charge is 0.508 e. The van der Waals surface area contributed by atoms with Crippen molar-refractivity contribution in [2.45, 2.75) is 51.2 Å². The molecule has 120 valence electrons. The summed E-state index contributed by atoms with van der Waals surface area (Å²) in [5, 5.41) is 22.0. The molecule has 22 heavy (non-hydrogen) atoms. The molecule has 0 saturated heterocycles. The lowest BCUT2D eigenvalue weighted by molar-refractivity contribution is -0.145. The lowest BCUT2D eigenvalue weighted by atomic mass is 9.77. The van der Waals surface area contributed by atoms with Crippen molar-refractivity contribution < 1.29 is 24.5 Å². The molecule has 0 fully saturated rings. The summed E-state index contributed by atoms with van der Waals surface area (Å²) >= 11 is 0. The molecule has 0 unspecified atom stereocenters. The molecule has 0 spiro atoms. The smallest absolute Gasteiger partial charge is 0.408 e. The highest BCUT2D eigenvalue weighted by molar-refractivity contribution is 5.85. The monoisotopic (exact) mass is 307 g/mol. The summed E-state index contributed by atoms with van der Waals surface area (Å²) in [5.74, 6) is -1.08. The minimum atomic E-state index is -1.46. The molecule has 1 aromatic carbocycles. The number of benzene rings is 1. The number of carboxylic acids is 1. The standard InChI is InChI=1S/C16H21NO5/c1-15(2,3)22-14(21)17-16(13(19)20)8-7-10-5-4-6-12(18)11(10)9-16/h4-6,18H,7-9H2,1-3H3,(H,17,21)(H,19,20)/t16-/m1/s1. The minimum absolute atomic E-state index is 0.0313. The fourth-order valence-electron chi connectivity index (χ4n) is 2.64. The molecule has 3 N–H and O–H groups in total. The van der Waals surface area contributed by atoms with Crippen molar-refractivity contribution >= 4 is 12.1 Å². The fraction of sp³-hybridized carbons (Fsp3) is 0.500. The van der Waals surface area contributed by atoms with Crippen LogP contribution in [0, 0.1) is 0 Å². The third-order valence-electron chi connectivity index (χ3n) is 3.70. The van der Waals surface area contributed by atoms with Gasteiger partial charge < -0.3 is 20.3 Å². The number of aromatic hydroxyl groups is 1. The van der Waals surface area contributed by atoms with E-state index in [0.29, 0.717) is 12.0 Å². The zero-order valence-electron chi connectivity index (χ0n) is 13.0. The summed E-state index contributed by atoms with van der Waals surface area (Å²) in [6.07, 6.45) is -0.0262. The number of carboxylic acid groups (broad SMARTS) is 1. The number of hydrogen-bond donors (Lipinski definition) is 3. The highest BCUT2D eigenvalue weighted by Crippen LogP contribution is 2.34. The van der Waals surface area contributed by atoms with Crippen LogP contribution in [0.3, 0.4) is 0 Å². The number of alkyl carbamates (subject to hydrolysis) is 1. The van der Waals surface area contributed by atoms with Gasteiger partial charge in [-0.1, -0.05) is 12.1 Å². The van der Waals surface area contributed by atoms with Crippen LogP contribution in [0.5, 0.6) is 5.75 Å². The topological polar surface area (TPSA) is 95.9 Å². The summed E-state index contributed by atoms with van der Waals surface area (Å²) < 4.78 is 5.16. The molecule has 0 saturated carbocycles. The van der Waals surface area contributed by atoms with Crippen LogP contribution in [0.25, 0.3) is 0 Å². The minimum Gasteiger partial charge on any atom is -0.508 e. The van der Waals surface area contributed by atoms with Gasteiger partial charge >= 0.3 is 12.1 Å². The molecule has 6 heteroatoms. The number of carbonyl (C=O) groups excluding carboxylic acids is 1. The highest BCUT2D eigenvalue weighted by Gasteiger charge is 2.44. The first-order chi connectivity index (χ1) is 10.1. The normalized spacial score (nSPS) is 20.9. The molecular formula is C16H21NO5. The Morgan fingerprint density at radius 3 is 2.59 bits per heavy atom. The van der Waals surface area contributed by atoms with Crippen molar-refractivity contribution in [2.24, 2.45) is 0 Å². The van der Waals surface area contributed by atoms with Gasteiger partial charge in [-0.05, 0) is 50.8 Å². The molecule has 0 bridgehead atoms. The summed E-state index contributed by atoms with van der Waals surface area (Å²) in [7, 11) is 0. The number of amides is 1. The van der Waals surface area contributed by atoms with Crippen LogP contribution in [-0.2, 0) is 22.4 Å². The van der Waals surface area contributed by atoms with Crippen molar-refractivity contribution in [3.63, 3.8) is 0 Å². The second-order valence-corrected chi connectivity index (χ2v) is 6.61. The van der Waals surface area contributed by atoms with Crippen molar-refractivity contribution in [3.8, 4) is 5.75 Å². The van der Waals surface area contributed by atoms with Gasteiger partial charge in [0.2, 0.25) is 0 Å². The van der Waals surface area contributed by atoms with Gasteiger partial charge in [-0.2, -0.15) is 0 Å². The molecule has 1 atom stereocenters. The van der Waals surface area contributed by atoms with E-state index in [2.05, 4.69) is 5.32 Å². The Morgan fingerprint density at radius 1 is 1.32 bits per heavy atom. The van der Waals surface area contributed by atoms with Gasteiger partial charge in [-0.3, -0.25) is 0 Å². The molecule has 2 rings (SSSR count). The molecule has 0 heterocycles. The van der Waals surface area contributed by atoms with E-state index in [-0.39, 0.29) is 18.6 Å². The highest BCUT2D eigenvalue weighted by atomic mass is 16.6.